The van der Waals surface area contributed by atoms with Crippen LogP contribution < -0.4 is 5.73 Å². The van der Waals surface area contributed by atoms with Gasteiger partial charge >= 0.3 is 0 Å². The fourth-order valence-corrected chi connectivity index (χ4v) is 2.63. The Labute approximate surface area is 87.6 Å². The predicted octanol–water partition coefficient (Wildman–Crippen LogP) is 1.04. The van der Waals surface area contributed by atoms with Crippen molar-refractivity contribution in [3.05, 3.63) is 0 Å². The minimum absolute atomic E-state index is 0.361. The van der Waals surface area contributed by atoms with Crippen molar-refractivity contribution in [2.24, 2.45) is 5.73 Å². The van der Waals surface area contributed by atoms with Crippen molar-refractivity contribution in [3.8, 4) is 0 Å². The molecule has 0 aromatic rings. The highest BCUT2D eigenvalue weighted by Crippen LogP contribution is 2.51. The van der Waals surface area contributed by atoms with E-state index >= 15 is 0 Å². The summed E-state index contributed by atoms with van der Waals surface area (Å²) >= 11 is 0. The van der Waals surface area contributed by atoms with Crippen LogP contribution in [0.15, 0.2) is 0 Å². The molecule has 0 spiro atoms. The molecule has 2 aliphatic rings. The maximum atomic E-state index is 12.8. The quantitative estimate of drug-likeness (QED) is 0.695. The second kappa shape index (κ2) is 3.37. The van der Waals surface area contributed by atoms with Crippen molar-refractivity contribution in [2.75, 3.05) is 13.2 Å². The molecule has 1 aliphatic heterocycles. The minimum atomic E-state index is -2.70. The van der Waals surface area contributed by atoms with Crippen molar-refractivity contribution in [1.29, 1.82) is 0 Å². The first-order valence-corrected chi connectivity index (χ1v) is 5.34. The van der Waals surface area contributed by atoms with E-state index in [-0.39, 0.29) is 0 Å². The van der Waals surface area contributed by atoms with Gasteiger partial charge in [0.1, 0.15) is 0 Å². The molecule has 0 bridgehead atoms. The van der Waals surface area contributed by atoms with Crippen molar-refractivity contribution < 1.29 is 18.6 Å². The van der Waals surface area contributed by atoms with Crippen molar-refractivity contribution in [2.45, 2.75) is 49.2 Å². The molecular weight excluding hydrogens is 204 g/mol. The molecule has 1 unspecified atom stereocenters. The monoisotopic (exact) mass is 221 g/mol. The average Bonchev–Trinajstić information content (AvgIpc) is 2.27. The van der Waals surface area contributed by atoms with Crippen LogP contribution in [-0.2, 0) is 4.74 Å². The third-order valence-corrected chi connectivity index (χ3v) is 3.61. The van der Waals surface area contributed by atoms with E-state index in [2.05, 4.69) is 0 Å². The number of rotatable bonds is 1. The molecule has 3 N–H and O–H groups in total. The van der Waals surface area contributed by atoms with E-state index in [1.54, 1.807) is 0 Å². The fraction of sp³-hybridized carbons (Fsp3) is 1.00. The average molecular weight is 221 g/mol. The number of halogens is 2. The van der Waals surface area contributed by atoms with Gasteiger partial charge < -0.3 is 15.6 Å². The Balaban J connectivity index is 2.08. The number of ether oxygens (including phenoxy) is 1. The lowest BCUT2D eigenvalue weighted by atomic mass is 9.61. The summed E-state index contributed by atoms with van der Waals surface area (Å²) in [6.07, 6.45) is 0.688. The summed E-state index contributed by atoms with van der Waals surface area (Å²) in [5, 5.41) is 10.3. The first kappa shape index (κ1) is 11.2. The summed E-state index contributed by atoms with van der Waals surface area (Å²) in [5.74, 6) is -2.70. The Morgan fingerprint density at radius 3 is 2.40 bits per heavy atom. The third kappa shape index (κ3) is 1.88. The highest BCUT2D eigenvalue weighted by molar-refractivity contribution is 5.15. The lowest BCUT2D eigenvalue weighted by Crippen LogP contribution is -2.71. The van der Waals surface area contributed by atoms with Gasteiger partial charge in [0.05, 0.1) is 11.1 Å². The van der Waals surface area contributed by atoms with Gasteiger partial charge in [-0.2, -0.15) is 0 Å². The van der Waals surface area contributed by atoms with Gasteiger partial charge in [0, 0.05) is 32.5 Å². The number of alkyl halides is 2. The molecular formula is C10H17F2NO2. The summed E-state index contributed by atoms with van der Waals surface area (Å²) in [4.78, 5) is 0. The van der Waals surface area contributed by atoms with Crippen LogP contribution in [0.2, 0.25) is 0 Å². The second-order valence-electron chi connectivity index (χ2n) is 4.86. The molecule has 0 aromatic heterocycles. The number of hydrogen-bond donors (Lipinski definition) is 2. The first-order valence-electron chi connectivity index (χ1n) is 5.34. The zero-order valence-electron chi connectivity index (χ0n) is 8.64. The Morgan fingerprint density at radius 1 is 1.13 bits per heavy atom. The van der Waals surface area contributed by atoms with Crippen LogP contribution >= 0.6 is 0 Å². The Bertz CT molecular complexity index is 242. The largest absolute Gasteiger partial charge is 0.388 e. The number of nitrogens with two attached hydrogens (primary N) is 1. The van der Waals surface area contributed by atoms with Crippen molar-refractivity contribution >= 4 is 0 Å². The molecule has 0 amide bonds. The fourth-order valence-electron chi connectivity index (χ4n) is 2.63. The molecule has 0 aromatic carbocycles. The summed E-state index contributed by atoms with van der Waals surface area (Å²) in [6, 6.07) is 0. The van der Waals surface area contributed by atoms with Crippen LogP contribution in [0.5, 0.6) is 0 Å². The molecule has 1 heterocycles. The molecule has 0 radical (unpaired) electrons. The minimum Gasteiger partial charge on any atom is -0.388 e. The maximum absolute atomic E-state index is 12.8. The van der Waals surface area contributed by atoms with Gasteiger partial charge in [0.25, 0.3) is 5.92 Å². The van der Waals surface area contributed by atoms with Crippen LogP contribution in [0.3, 0.4) is 0 Å². The van der Waals surface area contributed by atoms with E-state index in [9.17, 15) is 13.9 Å². The Hall–Kier alpha value is -0.260. The molecule has 1 atom stereocenters. The van der Waals surface area contributed by atoms with E-state index in [4.69, 9.17) is 10.5 Å². The van der Waals surface area contributed by atoms with E-state index in [1.807, 2.05) is 0 Å². The standard InChI is InChI=1S/C10H17F2NO2/c11-10(12)6-8(13,7-10)9(14)2-1-4-15-5-3-9/h14H,1-7,13H2. The lowest BCUT2D eigenvalue weighted by Gasteiger charge is -2.53. The van der Waals surface area contributed by atoms with Gasteiger partial charge in [-0.3, -0.25) is 0 Å². The zero-order valence-corrected chi connectivity index (χ0v) is 8.64. The predicted molar refractivity (Wildman–Crippen MR) is 50.7 cm³/mol. The molecule has 5 heteroatoms. The molecule has 88 valence electrons. The smallest absolute Gasteiger partial charge is 0.251 e. The molecule has 15 heavy (non-hydrogen) atoms. The summed E-state index contributed by atoms with van der Waals surface area (Å²) < 4.78 is 30.9. The van der Waals surface area contributed by atoms with Crippen LogP contribution in [0, 0.1) is 0 Å². The summed E-state index contributed by atoms with van der Waals surface area (Å²) in [7, 11) is 0. The van der Waals surface area contributed by atoms with Crippen LogP contribution in [-0.4, -0.2) is 35.4 Å². The first-order chi connectivity index (χ1) is 6.87. The van der Waals surface area contributed by atoms with Gasteiger partial charge in [-0.05, 0) is 12.8 Å². The molecule has 1 saturated carbocycles. The van der Waals surface area contributed by atoms with Crippen LogP contribution in [0.25, 0.3) is 0 Å². The summed E-state index contributed by atoms with van der Waals surface area (Å²) in [5.41, 5.74) is 3.58. The number of aliphatic hydroxyl groups is 1. The number of hydrogen-bond acceptors (Lipinski definition) is 3. The van der Waals surface area contributed by atoms with Crippen molar-refractivity contribution in [3.63, 3.8) is 0 Å². The molecule has 1 saturated heterocycles. The van der Waals surface area contributed by atoms with Gasteiger partial charge in [0.2, 0.25) is 0 Å². The van der Waals surface area contributed by atoms with Gasteiger partial charge in [-0.15, -0.1) is 0 Å². The van der Waals surface area contributed by atoms with E-state index in [0.29, 0.717) is 32.5 Å². The Kier molecular flexibility index (Phi) is 2.52. The van der Waals surface area contributed by atoms with Gasteiger partial charge in [-0.1, -0.05) is 0 Å². The molecule has 1 aliphatic carbocycles. The van der Waals surface area contributed by atoms with Gasteiger partial charge in [0.15, 0.2) is 0 Å². The SMILES string of the molecule is NC1(C2(O)CCCOCC2)CC(F)(F)C1. The Morgan fingerprint density at radius 2 is 1.80 bits per heavy atom. The maximum Gasteiger partial charge on any atom is 0.251 e. The molecule has 2 rings (SSSR count). The third-order valence-electron chi connectivity index (χ3n) is 3.61. The normalized spacial score (nSPS) is 39.2. The molecule has 2 fully saturated rings. The highest BCUT2D eigenvalue weighted by atomic mass is 19.3. The van der Waals surface area contributed by atoms with Gasteiger partial charge in [-0.25, -0.2) is 8.78 Å². The highest BCUT2D eigenvalue weighted by Gasteiger charge is 2.63. The van der Waals surface area contributed by atoms with Crippen LogP contribution in [0.4, 0.5) is 8.78 Å². The van der Waals surface area contributed by atoms with E-state index < -0.39 is 29.9 Å². The zero-order chi connectivity index (χ0) is 11.2. The lowest BCUT2D eigenvalue weighted by molar-refractivity contribution is -0.194. The van der Waals surface area contributed by atoms with Crippen LogP contribution in [0.1, 0.15) is 32.1 Å². The van der Waals surface area contributed by atoms with E-state index in [0.717, 1.165) is 0 Å². The topological polar surface area (TPSA) is 55.5 Å². The van der Waals surface area contributed by atoms with Crippen molar-refractivity contribution in [1.82, 2.24) is 0 Å². The second-order valence-corrected chi connectivity index (χ2v) is 4.86. The molecule has 3 nitrogen and oxygen atoms in total. The summed E-state index contributed by atoms with van der Waals surface area (Å²) in [6.45, 7) is 0.982. The van der Waals surface area contributed by atoms with E-state index in [1.165, 1.54) is 0 Å².